The number of amides is 2. The van der Waals surface area contributed by atoms with E-state index >= 15 is 0 Å². The first-order chi connectivity index (χ1) is 11.5. The molecular formula is C18H17Cl2FN2O. The van der Waals surface area contributed by atoms with Crippen LogP contribution in [0.2, 0.25) is 10.0 Å². The van der Waals surface area contributed by atoms with Crippen LogP contribution in [-0.4, -0.2) is 11.6 Å². The van der Waals surface area contributed by atoms with Gasteiger partial charge in [0.15, 0.2) is 0 Å². The molecule has 2 aromatic rings. The van der Waals surface area contributed by atoms with Crippen LogP contribution in [0.4, 0.5) is 14.9 Å². The lowest BCUT2D eigenvalue weighted by Crippen LogP contribution is -2.56. The van der Waals surface area contributed by atoms with Gasteiger partial charge in [-0.25, -0.2) is 9.18 Å². The van der Waals surface area contributed by atoms with Gasteiger partial charge < -0.3 is 10.6 Å². The van der Waals surface area contributed by atoms with Crippen LogP contribution < -0.4 is 10.6 Å². The van der Waals surface area contributed by atoms with Crippen molar-refractivity contribution in [3.63, 3.8) is 0 Å². The number of nitrogens with one attached hydrogen (secondary N) is 2. The van der Waals surface area contributed by atoms with Gasteiger partial charge in [-0.2, -0.15) is 0 Å². The van der Waals surface area contributed by atoms with Crippen molar-refractivity contribution < 1.29 is 9.18 Å². The predicted octanol–water partition coefficient (Wildman–Crippen LogP) is 5.42. The van der Waals surface area contributed by atoms with E-state index in [1.54, 1.807) is 12.1 Å². The fourth-order valence-electron chi connectivity index (χ4n) is 2.92. The molecule has 0 heterocycles. The second kappa shape index (κ2) is 6.99. The number of carbonyl (C=O) groups excluding carboxylic acids is 1. The van der Waals surface area contributed by atoms with Crippen LogP contribution in [0.25, 0.3) is 0 Å². The summed E-state index contributed by atoms with van der Waals surface area (Å²) in [4.78, 5) is 12.3. The highest BCUT2D eigenvalue weighted by atomic mass is 35.5. The van der Waals surface area contributed by atoms with Crippen molar-refractivity contribution in [3.05, 3.63) is 63.9 Å². The van der Waals surface area contributed by atoms with Crippen molar-refractivity contribution in [2.75, 3.05) is 5.32 Å². The molecule has 0 saturated heterocycles. The number of benzene rings is 2. The second-order valence-electron chi connectivity index (χ2n) is 6.13. The zero-order valence-electron chi connectivity index (χ0n) is 12.9. The van der Waals surface area contributed by atoms with Gasteiger partial charge in [0.2, 0.25) is 0 Å². The van der Waals surface area contributed by atoms with E-state index in [4.69, 9.17) is 23.2 Å². The smallest absolute Gasteiger partial charge is 0.319 e. The fourth-order valence-corrected chi connectivity index (χ4v) is 3.39. The number of carbonyl (C=O) groups is 1. The average molecular weight is 367 g/mol. The highest BCUT2D eigenvalue weighted by molar-refractivity contribution is 6.35. The molecule has 0 unspecified atom stereocenters. The fraction of sp³-hybridized carbons (Fsp3) is 0.278. The van der Waals surface area contributed by atoms with Crippen molar-refractivity contribution in [2.24, 2.45) is 0 Å². The van der Waals surface area contributed by atoms with E-state index < -0.39 is 0 Å². The van der Waals surface area contributed by atoms with E-state index in [0.29, 0.717) is 22.2 Å². The lowest BCUT2D eigenvalue weighted by Gasteiger charge is -2.43. The molecule has 0 spiro atoms. The van der Waals surface area contributed by atoms with Gasteiger partial charge in [-0.15, -0.1) is 0 Å². The maximum atomic E-state index is 12.9. The molecule has 0 aromatic heterocycles. The minimum Gasteiger partial charge on any atom is -0.332 e. The van der Waals surface area contributed by atoms with Gasteiger partial charge in [0.25, 0.3) is 0 Å². The normalized spacial score (nSPS) is 15.5. The summed E-state index contributed by atoms with van der Waals surface area (Å²) in [5.41, 5.74) is 1.21. The number of halogens is 3. The first-order valence-corrected chi connectivity index (χ1v) is 8.50. The SMILES string of the molecule is O=C(Nc1ccc(F)cc1)NC1(Cc2ccc(Cl)cc2Cl)CCC1. The standard InChI is InChI=1S/C18H17Cl2FN2O/c19-13-3-2-12(16(20)10-13)11-18(8-1-9-18)23-17(24)22-15-6-4-14(21)5-7-15/h2-7,10H,1,8-9,11H2,(H2,22,23,24). The zero-order chi connectivity index (χ0) is 17.2. The average Bonchev–Trinajstić information content (AvgIpc) is 2.50. The first-order valence-electron chi connectivity index (χ1n) is 7.74. The molecule has 0 bridgehead atoms. The van der Waals surface area contributed by atoms with Gasteiger partial charge in [0.1, 0.15) is 5.82 Å². The van der Waals surface area contributed by atoms with Gasteiger partial charge in [-0.1, -0.05) is 29.3 Å². The molecule has 1 saturated carbocycles. The molecule has 3 rings (SSSR count). The van der Waals surface area contributed by atoms with Crippen molar-refractivity contribution in [1.82, 2.24) is 5.32 Å². The van der Waals surface area contributed by atoms with Crippen molar-refractivity contribution in [1.29, 1.82) is 0 Å². The Morgan fingerprint density at radius 2 is 1.83 bits per heavy atom. The Kier molecular flexibility index (Phi) is 4.97. The Balaban J connectivity index is 1.66. The molecule has 1 fully saturated rings. The van der Waals surface area contributed by atoms with Crippen LogP contribution in [0.1, 0.15) is 24.8 Å². The van der Waals surface area contributed by atoms with Crippen LogP contribution in [0, 0.1) is 5.82 Å². The van der Waals surface area contributed by atoms with E-state index in [2.05, 4.69) is 10.6 Å². The lowest BCUT2D eigenvalue weighted by molar-refractivity contribution is 0.183. The minimum absolute atomic E-state index is 0.300. The summed E-state index contributed by atoms with van der Waals surface area (Å²) in [5.74, 6) is -0.339. The third-order valence-electron chi connectivity index (χ3n) is 4.34. The summed E-state index contributed by atoms with van der Waals surface area (Å²) in [5, 5.41) is 6.98. The van der Waals surface area contributed by atoms with E-state index in [0.717, 1.165) is 24.8 Å². The molecule has 3 nitrogen and oxygen atoms in total. The molecule has 6 heteroatoms. The topological polar surface area (TPSA) is 41.1 Å². The van der Waals surface area contributed by atoms with Crippen LogP contribution in [0.15, 0.2) is 42.5 Å². The highest BCUT2D eigenvalue weighted by Crippen LogP contribution is 2.37. The molecule has 126 valence electrons. The van der Waals surface area contributed by atoms with Gasteiger partial charge in [0, 0.05) is 21.3 Å². The number of hydrogen-bond acceptors (Lipinski definition) is 1. The molecule has 0 aliphatic heterocycles. The van der Waals surface area contributed by atoms with Crippen molar-refractivity contribution in [2.45, 2.75) is 31.2 Å². The molecule has 24 heavy (non-hydrogen) atoms. The molecule has 1 aliphatic carbocycles. The Morgan fingerprint density at radius 3 is 2.42 bits per heavy atom. The van der Waals surface area contributed by atoms with Crippen molar-refractivity contribution >= 4 is 34.9 Å². The Morgan fingerprint density at radius 1 is 1.12 bits per heavy atom. The Hall–Kier alpha value is -1.78. The largest absolute Gasteiger partial charge is 0.332 e. The van der Waals surface area contributed by atoms with Gasteiger partial charge >= 0.3 is 6.03 Å². The van der Waals surface area contributed by atoms with E-state index in [1.807, 2.05) is 6.07 Å². The second-order valence-corrected chi connectivity index (χ2v) is 6.98. The van der Waals surface area contributed by atoms with Crippen molar-refractivity contribution in [3.8, 4) is 0 Å². The maximum absolute atomic E-state index is 12.9. The zero-order valence-corrected chi connectivity index (χ0v) is 14.4. The van der Waals surface area contributed by atoms with Crippen LogP contribution >= 0.6 is 23.2 Å². The molecule has 0 atom stereocenters. The Bertz CT molecular complexity index is 745. The monoisotopic (exact) mass is 366 g/mol. The highest BCUT2D eigenvalue weighted by Gasteiger charge is 2.38. The third kappa shape index (κ3) is 4.00. The summed E-state index contributed by atoms with van der Waals surface area (Å²) in [6, 6.07) is 10.8. The number of rotatable bonds is 4. The quantitative estimate of drug-likeness (QED) is 0.744. The van der Waals surface area contributed by atoms with E-state index in [-0.39, 0.29) is 17.4 Å². The lowest BCUT2D eigenvalue weighted by atomic mass is 9.73. The Labute approximate surface area is 150 Å². The van der Waals surface area contributed by atoms with Gasteiger partial charge in [-0.05, 0) is 67.6 Å². The summed E-state index contributed by atoms with van der Waals surface area (Å²) < 4.78 is 12.9. The minimum atomic E-state index is -0.339. The summed E-state index contributed by atoms with van der Waals surface area (Å²) in [6.07, 6.45) is 3.49. The number of anilines is 1. The van der Waals surface area contributed by atoms with Crippen LogP contribution in [0.3, 0.4) is 0 Å². The predicted molar refractivity (Wildman–Crippen MR) is 95.3 cm³/mol. The first kappa shape index (κ1) is 17.1. The molecule has 0 radical (unpaired) electrons. The maximum Gasteiger partial charge on any atom is 0.319 e. The summed E-state index contributed by atoms with van der Waals surface area (Å²) in [7, 11) is 0. The number of hydrogen-bond donors (Lipinski definition) is 2. The number of urea groups is 1. The molecule has 2 amide bonds. The summed E-state index contributed by atoms with van der Waals surface area (Å²) >= 11 is 12.2. The van der Waals surface area contributed by atoms with Gasteiger partial charge in [0.05, 0.1) is 0 Å². The molecular weight excluding hydrogens is 350 g/mol. The molecule has 2 aromatic carbocycles. The van der Waals surface area contributed by atoms with Crippen LogP contribution in [0.5, 0.6) is 0 Å². The van der Waals surface area contributed by atoms with Crippen LogP contribution in [-0.2, 0) is 6.42 Å². The van der Waals surface area contributed by atoms with E-state index in [9.17, 15) is 9.18 Å². The third-order valence-corrected chi connectivity index (χ3v) is 4.92. The van der Waals surface area contributed by atoms with E-state index in [1.165, 1.54) is 24.3 Å². The molecule has 1 aliphatic rings. The van der Waals surface area contributed by atoms with Gasteiger partial charge in [-0.3, -0.25) is 0 Å². The molecule has 2 N–H and O–H groups in total. The summed E-state index contributed by atoms with van der Waals surface area (Å²) in [6.45, 7) is 0.